The van der Waals surface area contributed by atoms with Crippen LogP contribution < -0.4 is 24.8 Å². The second-order valence-corrected chi connectivity index (χ2v) is 10.1. The first-order chi connectivity index (χ1) is 10.4. The van der Waals surface area contributed by atoms with Crippen molar-refractivity contribution in [3.8, 4) is 0 Å². The number of allylic oxidation sites excluding steroid dienone is 2. The van der Waals surface area contributed by atoms with Crippen LogP contribution in [0.25, 0.3) is 12.2 Å². The van der Waals surface area contributed by atoms with Crippen LogP contribution in [0.1, 0.15) is 40.6 Å². The van der Waals surface area contributed by atoms with Gasteiger partial charge in [-0.1, -0.05) is 0 Å². The fourth-order valence-corrected chi connectivity index (χ4v) is 8.60. The minimum atomic E-state index is -0.555. The molecule has 0 saturated carbocycles. The van der Waals surface area contributed by atoms with Crippen molar-refractivity contribution in [1.29, 1.82) is 0 Å². The summed E-state index contributed by atoms with van der Waals surface area (Å²) in [5, 5.41) is 0. The summed E-state index contributed by atoms with van der Waals surface area (Å²) >= 11 is -0.555. The van der Waals surface area contributed by atoms with Crippen LogP contribution in [0.3, 0.4) is 0 Å². The molecule has 0 amide bonds. The summed E-state index contributed by atoms with van der Waals surface area (Å²) in [7, 11) is 0. The minimum Gasteiger partial charge on any atom is -1.00 e. The van der Waals surface area contributed by atoms with Gasteiger partial charge in [0.15, 0.2) is 0 Å². The molecule has 3 heteroatoms. The Kier molecular flexibility index (Phi) is 5.02. The molecule has 0 bridgehead atoms. The number of benzene rings is 2. The number of rotatable bonds is 0. The van der Waals surface area contributed by atoms with E-state index in [9.17, 15) is 0 Å². The molecule has 3 aliphatic rings. The molecule has 0 spiro atoms. The van der Waals surface area contributed by atoms with Crippen LogP contribution in [-0.4, -0.2) is 0 Å². The van der Waals surface area contributed by atoms with E-state index in [0.717, 1.165) is 7.25 Å². The van der Waals surface area contributed by atoms with Crippen LogP contribution in [0.5, 0.6) is 0 Å². The molecule has 23 heavy (non-hydrogen) atoms. The molecule has 0 radical (unpaired) electrons. The summed E-state index contributed by atoms with van der Waals surface area (Å²) in [4.78, 5) is 0. The number of halogens is 2. The van der Waals surface area contributed by atoms with E-state index in [0.29, 0.717) is 0 Å². The number of hydrogen-bond acceptors (Lipinski definition) is 0. The van der Waals surface area contributed by atoms with Crippen LogP contribution >= 0.6 is 0 Å². The molecule has 0 N–H and O–H groups in total. The summed E-state index contributed by atoms with van der Waals surface area (Å²) in [5.74, 6) is 0. The van der Waals surface area contributed by atoms with E-state index < -0.39 is 23.2 Å². The Labute approximate surface area is 161 Å². The van der Waals surface area contributed by atoms with Gasteiger partial charge >= 0.3 is 137 Å². The van der Waals surface area contributed by atoms with Gasteiger partial charge in [-0.2, -0.15) is 0 Å². The average Bonchev–Trinajstić information content (AvgIpc) is 3.11. The monoisotopic (exact) mass is 416 g/mol. The third-order valence-electron chi connectivity index (χ3n) is 5.04. The summed E-state index contributed by atoms with van der Waals surface area (Å²) in [6.45, 7) is 0. The Bertz CT molecular complexity index is 740. The first-order valence-corrected chi connectivity index (χ1v) is 10.6. The molecular formula is C20H16Cl2Zr. The van der Waals surface area contributed by atoms with Crippen LogP contribution in [0.15, 0.2) is 48.6 Å². The number of aryl methyl sites for hydroxylation is 2. The fourth-order valence-electron chi connectivity index (χ4n) is 4.08. The molecule has 1 heterocycles. The molecule has 2 unspecified atom stereocenters. The van der Waals surface area contributed by atoms with Gasteiger partial charge in [0.1, 0.15) is 0 Å². The van der Waals surface area contributed by atoms with Crippen molar-refractivity contribution < 1.29 is 48.0 Å². The zero-order valence-electron chi connectivity index (χ0n) is 12.6. The molecule has 5 rings (SSSR count). The molecule has 2 aromatic carbocycles. The smallest absolute Gasteiger partial charge is 1.00 e. The summed E-state index contributed by atoms with van der Waals surface area (Å²) < 4.78 is 1.54. The van der Waals surface area contributed by atoms with Crippen molar-refractivity contribution in [1.82, 2.24) is 0 Å². The van der Waals surface area contributed by atoms with Crippen LogP contribution in [0, 0.1) is 0 Å². The molecule has 1 aliphatic heterocycles. The van der Waals surface area contributed by atoms with E-state index >= 15 is 0 Å². The van der Waals surface area contributed by atoms with Gasteiger partial charge < -0.3 is 24.8 Å². The van der Waals surface area contributed by atoms with Gasteiger partial charge in [-0.25, -0.2) is 0 Å². The maximum absolute atomic E-state index is 2.50. The van der Waals surface area contributed by atoms with Crippen molar-refractivity contribution in [3.63, 3.8) is 0 Å². The second-order valence-electron chi connectivity index (χ2n) is 6.18. The second kappa shape index (κ2) is 6.71. The van der Waals surface area contributed by atoms with E-state index in [1.807, 2.05) is 0 Å². The molecule has 0 nitrogen and oxygen atoms in total. The Hall–Kier alpha value is -0.617. The van der Waals surface area contributed by atoms with E-state index in [1.165, 1.54) is 24.0 Å². The summed E-state index contributed by atoms with van der Waals surface area (Å²) in [6, 6.07) is 13.8. The Morgan fingerprint density at radius 1 is 0.696 bits per heavy atom. The molecule has 114 valence electrons. The van der Waals surface area contributed by atoms with Gasteiger partial charge in [0.25, 0.3) is 0 Å². The maximum Gasteiger partial charge on any atom is -1.00 e. The summed E-state index contributed by atoms with van der Waals surface area (Å²) in [5.41, 5.74) is 9.55. The van der Waals surface area contributed by atoms with Crippen LogP contribution in [0.2, 0.25) is 0 Å². The normalized spacial score (nSPS) is 21.4. The van der Waals surface area contributed by atoms with Crippen molar-refractivity contribution in [3.05, 3.63) is 81.9 Å². The van der Waals surface area contributed by atoms with Crippen LogP contribution in [-0.2, 0) is 36.1 Å². The van der Waals surface area contributed by atoms with Crippen molar-refractivity contribution >= 4 is 12.2 Å². The van der Waals surface area contributed by atoms with Gasteiger partial charge in [-0.05, 0) is 0 Å². The van der Waals surface area contributed by atoms with Gasteiger partial charge in [-0.3, -0.25) is 0 Å². The van der Waals surface area contributed by atoms with Gasteiger partial charge in [0.05, 0.1) is 0 Å². The third kappa shape index (κ3) is 2.72. The predicted octanol–water partition coefficient (Wildman–Crippen LogP) is -1.29. The molecule has 2 aliphatic carbocycles. The molecule has 0 fully saturated rings. The standard InChI is InChI=1S/C20H16.2ClH.Zr/c1-5-15-9-3-11-19(15)17(7-1)13-14-18-8-2-6-16-10-4-12-20(16)18;;;/h1-12H,13-14H2;2*1H;/q;;;+2/p-2. The van der Waals surface area contributed by atoms with Gasteiger partial charge in [-0.15, -0.1) is 0 Å². The average molecular weight is 418 g/mol. The van der Waals surface area contributed by atoms with Crippen molar-refractivity contribution in [2.24, 2.45) is 0 Å². The van der Waals surface area contributed by atoms with E-state index in [-0.39, 0.29) is 24.8 Å². The Morgan fingerprint density at radius 3 is 1.65 bits per heavy atom. The number of hydrogen-bond donors (Lipinski definition) is 0. The molecule has 2 aromatic rings. The molecule has 2 atom stereocenters. The summed E-state index contributed by atoms with van der Waals surface area (Å²) in [6.07, 6.45) is 12.1. The Balaban J connectivity index is 0.000000781. The van der Waals surface area contributed by atoms with E-state index in [4.69, 9.17) is 0 Å². The zero-order chi connectivity index (χ0) is 13.8. The topological polar surface area (TPSA) is 0 Å². The van der Waals surface area contributed by atoms with E-state index in [1.54, 1.807) is 22.3 Å². The van der Waals surface area contributed by atoms with Crippen LogP contribution in [0.4, 0.5) is 0 Å². The molecule has 0 aromatic heterocycles. The Morgan fingerprint density at radius 2 is 1.17 bits per heavy atom. The third-order valence-corrected chi connectivity index (χ3v) is 9.17. The molecule has 0 saturated heterocycles. The maximum atomic E-state index is 2.50. The van der Waals surface area contributed by atoms with Gasteiger partial charge in [0.2, 0.25) is 0 Å². The first-order valence-electron chi connectivity index (χ1n) is 7.76. The molecular weight excluding hydrogens is 402 g/mol. The predicted molar refractivity (Wildman–Crippen MR) is 83.8 cm³/mol. The van der Waals surface area contributed by atoms with E-state index in [2.05, 4.69) is 60.7 Å². The SMILES string of the molecule is C1=C[CH]2[Zr+2][CH]3C=Cc4cccc(c43)CCc3cccc1c32.[Cl-].[Cl-]. The van der Waals surface area contributed by atoms with Gasteiger partial charge in [0, 0.05) is 0 Å². The first kappa shape index (κ1) is 17.2. The largest absolute Gasteiger partial charge is 1.00 e. The van der Waals surface area contributed by atoms with Crippen molar-refractivity contribution in [2.45, 2.75) is 20.1 Å². The fraction of sp³-hybridized carbons (Fsp3) is 0.200. The minimum absolute atomic E-state index is 0. The quantitative estimate of drug-likeness (QED) is 0.500. The van der Waals surface area contributed by atoms with Crippen molar-refractivity contribution in [2.75, 3.05) is 0 Å². The zero-order valence-corrected chi connectivity index (χ0v) is 16.6.